The van der Waals surface area contributed by atoms with E-state index < -0.39 is 16.8 Å². The molecule has 0 fully saturated rings. The fraction of sp³-hybridized carbons (Fsp3) is 0.143. The van der Waals surface area contributed by atoms with Crippen molar-refractivity contribution < 1.29 is 23.7 Å². The van der Waals surface area contributed by atoms with Gasteiger partial charge < -0.3 is 14.5 Å². The Morgan fingerprint density at radius 3 is 2.45 bits per heavy atom. The van der Waals surface area contributed by atoms with E-state index in [1.54, 1.807) is 50.2 Å². The van der Waals surface area contributed by atoms with Crippen LogP contribution in [-0.4, -0.2) is 23.4 Å². The number of hydrogen-bond donors (Lipinski definition) is 1. The van der Waals surface area contributed by atoms with Crippen molar-refractivity contribution in [3.05, 3.63) is 81.6 Å². The Bertz CT molecular complexity index is 1070. The van der Waals surface area contributed by atoms with Gasteiger partial charge in [0.1, 0.15) is 5.76 Å². The van der Waals surface area contributed by atoms with E-state index in [-0.39, 0.29) is 18.1 Å². The number of hydrogen-bond acceptors (Lipinski definition) is 6. The molecule has 0 unspecified atom stereocenters. The maximum absolute atomic E-state index is 12.4. The number of amides is 1. The van der Waals surface area contributed by atoms with Crippen molar-refractivity contribution in [3.8, 4) is 11.3 Å². The van der Waals surface area contributed by atoms with Crippen molar-refractivity contribution in [2.45, 2.75) is 13.8 Å². The van der Waals surface area contributed by atoms with E-state index in [1.807, 2.05) is 0 Å². The van der Waals surface area contributed by atoms with Gasteiger partial charge in [-0.1, -0.05) is 0 Å². The minimum atomic E-state index is -0.467. The van der Waals surface area contributed by atoms with Crippen LogP contribution in [0.4, 0.5) is 11.4 Å². The van der Waals surface area contributed by atoms with Crippen LogP contribution in [0.25, 0.3) is 11.3 Å². The van der Waals surface area contributed by atoms with Gasteiger partial charge in [0.05, 0.1) is 17.1 Å². The van der Waals surface area contributed by atoms with Gasteiger partial charge in [0.25, 0.3) is 11.6 Å². The number of nitro groups is 1. The molecule has 1 amide bonds. The molecule has 148 valence electrons. The Kier molecular flexibility index (Phi) is 5.73. The highest BCUT2D eigenvalue weighted by Crippen LogP contribution is 2.28. The molecule has 0 aliphatic heterocycles. The maximum atomic E-state index is 12.4. The van der Waals surface area contributed by atoms with E-state index in [4.69, 9.17) is 9.15 Å². The zero-order valence-corrected chi connectivity index (χ0v) is 15.8. The summed E-state index contributed by atoms with van der Waals surface area (Å²) in [5.74, 6) is -0.369. The molecule has 0 aliphatic carbocycles. The quantitative estimate of drug-likeness (QED) is 0.372. The van der Waals surface area contributed by atoms with Gasteiger partial charge in [0.2, 0.25) is 0 Å². The number of furan rings is 1. The normalized spacial score (nSPS) is 10.4. The predicted octanol–water partition coefficient (Wildman–Crippen LogP) is 4.59. The number of esters is 1. The molecule has 8 nitrogen and oxygen atoms in total. The molecule has 0 aliphatic rings. The predicted molar refractivity (Wildman–Crippen MR) is 106 cm³/mol. The Labute approximate surface area is 166 Å². The zero-order valence-electron chi connectivity index (χ0n) is 15.8. The van der Waals surface area contributed by atoms with Crippen molar-refractivity contribution in [1.29, 1.82) is 0 Å². The van der Waals surface area contributed by atoms with Crippen molar-refractivity contribution >= 4 is 23.3 Å². The van der Waals surface area contributed by atoms with Gasteiger partial charge in [-0.2, -0.15) is 0 Å². The molecular formula is C21H18N2O6. The highest BCUT2D eigenvalue weighted by Gasteiger charge is 2.16. The van der Waals surface area contributed by atoms with Crippen molar-refractivity contribution in [2.24, 2.45) is 0 Å². The lowest BCUT2D eigenvalue weighted by atomic mass is 10.1. The third-order valence-corrected chi connectivity index (χ3v) is 4.17. The molecule has 0 saturated heterocycles. The Hall–Kier alpha value is -3.94. The fourth-order valence-electron chi connectivity index (χ4n) is 2.74. The number of benzene rings is 2. The molecule has 0 radical (unpaired) electrons. The summed E-state index contributed by atoms with van der Waals surface area (Å²) in [4.78, 5) is 34.5. The third kappa shape index (κ3) is 4.49. The molecule has 1 heterocycles. The van der Waals surface area contributed by atoms with E-state index in [1.165, 1.54) is 18.2 Å². The summed E-state index contributed by atoms with van der Waals surface area (Å²) in [6.07, 6.45) is 0. The topological polar surface area (TPSA) is 112 Å². The van der Waals surface area contributed by atoms with Gasteiger partial charge in [0, 0.05) is 23.4 Å². The number of anilines is 1. The van der Waals surface area contributed by atoms with Crippen LogP contribution in [0.3, 0.4) is 0 Å². The molecule has 1 aromatic heterocycles. The van der Waals surface area contributed by atoms with Crippen LogP contribution in [0, 0.1) is 17.0 Å². The molecule has 3 rings (SSSR count). The highest BCUT2D eigenvalue weighted by atomic mass is 16.6. The summed E-state index contributed by atoms with van der Waals surface area (Å²) >= 11 is 0. The highest BCUT2D eigenvalue weighted by molar-refractivity contribution is 6.02. The number of nitrogens with one attached hydrogen (secondary N) is 1. The van der Waals surface area contributed by atoms with Crippen molar-refractivity contribution in [3.63, 3.8) is 0 Å². The minimum Gasteiger partial charge on any atom is -0.462 e. The molecule has 3 aromatic rings. The molecule has 8 heteroatoms. The molecular weight excluding hydrogens is 376 g/mol. The van der Waals surface area contributed by atoms with Gasteiger partial charge in [-0.15, -0.1) is 0 Å². The fourth-order valence-corrected chi connectivity index (χ4v) is 2.74. The largest absolute Gasteiger partial charge is 0.462 e. The lowest BCUT2D eigenvalue weighted by Crippen LogP contribution is -2.11. The first-order valence-corrected chi connectivity index (χ1v) is 8.83. The van der Waals surface area contributed by atoms with Gasteiger partial charge in [-0.3, -0.25) is 14.9 Å². The number of carbonyl (C=O) groups is 2. The summed E-state index contributed by atoms with van der Waals surface area (Å²) in [6, 6.07) is 13.9. The number of aryl methyl sites for hydroxylation is 1. The van der Waals surface area contributed by atoms with E-state index in [2.05, 4.69) is 5.32 Å². The van der Waals surface area contributed by atoms with Crippen LogP contribution < -0.4 is 5.32 Å². The second-order valence-electron chi connectivity index (χ2n) is 6.17. The lowest BCUT2D eigenvalue weighted by molar-refractivity contribution is -0.384. The lowest BCUT2D eigenvalue weighted by Gasteiger charge is -2.05. The summed E-state index contributed by atoms with van der Waals surface area (Å²) in [6.45, 7) is 3.74. The molecule has 0 spiro atoms. The summed E-state index contributed by atoms with van der Waals surface area (Å²) < 4.78 is 10.5. The van der Waals surface area contributed by atoms with Crippen LogP contribution in [0.2, 0.25) is 0 Å². The monoisotopic (exact) mass is 394 g/mol. The second kappa shape index (κ2) is 8.39. The number of rotatable bonds is 6. The minimum absolute atomic E-state index is 0.0120. The number of ether oxygens (including phenoxy) is 1. The van der Waals surface area contributed by atoms with Gasteiger partial charge in [-0.05, 0) is 61.9 Å². The molecule has 2 aromatic carbocycles. The summed E-state index contributed by atoms with van der Waals surface area (Å²) in [5, 5.41) is 13.5. The van der Waals surface area contributed by atoms with Crippen molar-refractivity contribution in [2.75, 3.05) is 11.9 Å². The maximum Gasteiger partial charge on any atom is 0.338 e. The molecule has 0 atom stereocenters. The second-order valence-corrected chi connectivity index (χ2v) is 6.17. The van der Waals surface area contributed by atoms with Crippen LogP contribution in [-0.2, 0) is 4.74 Å². The standard InChI is InChI=1S/C21H18N2O6/c1-3-28-21(25)14-4-6-15(7-5-14)22-20(24)19-11-10-18(29-19)17-9-8-16(23(26)27)12-13(17)2/h4-12H,3H2,1-2H3,(H,22,24). The average Bonchev–Trinajstić information content (AvgIpc) is 3.18. The van der Waals surface area contributed by atoms with E-state index in [0.717, 1.165) is 0 Å². The molecule has 29 heavy (non-hydrogen) atoms. The Morgan fingerprint density at radius 2 is 1.83 bits per heavy atom. The first-order chi connectivity index (χ1) is 13.9. The van der Waals surface area contributed by atoms with Gasteiger partial charge in [0.15, 0.2) is 5.76 Å². The van der Waals surface area contributed by atoms with Crippen LogP contribution in [0.15, 0.2) is 59.0 Å². The molecule has 0 bridgehead atoms. The van der Waals surface area contributed by atoms with Gasteiger partial charge in [-0.25, -0.2) is 4.79 Å². The SMILES string of the molecule is CCOC(=O)c1ccc(NC(=O)c2ccc(-c3ccc([N+](=O)[O-])cc3C)o2)cc1. The summed E-state index contributed by atoms with van der Waals surface area (Å²) in [5.41, 5.74) is 2.19. The first-order valence-electron chi connectivity index (χ1n) is 8.83. The number of carbonyl (C=O) groups excluding carboxylic acids is 2. The van der Waals surface area contributed by atoms with E-state index in [9.17, 15) is 19.7 Å². The van der Waals surface area contributed by atoms with Crippen LogP contribution >= 0.6 is 0 Å². The number of nitro benzene ring substituents is 1. The zero-order chi connectivity index (χ0) is 21.0. The van der Waals surface area contributed by atoms with Crippen LogP contribution in [0.1, 0.15) is 33.4 Å². The van der Waals surface area contributed by atoms with Crippen LogP contribution in [0.5, 0.6) is 0 Å². The summed E-state index contributed by atoms with van der Waals surface area (Å²) in [7, 11) is 0. The molecule has 1 N–H and O–H groups in total. The number of non-ortho nitro benzene ring substituents is 1. The average molecular weight is 394 g/mol. The van der Waals surface area contributed by atoms with E-state index >= 15 is 0 Å². The first kappa shape index (κ1) is 19.8. The van der Waals surface area contributed by atoms with E-state index in [0.29, 0.717) is 28.1 Å². The van der Waals surface area contributed by atoms with Gasteiger partial charge >= 0.3 is 5.97 Å². The molecule has 0 saturated carbocycles. The third-order valence-electron chi connectivity index (χ3n) is 4.17. The Morgan fingerprint density at radius 1 is 1.10 bits per heavy atom. The Balaban J connectivity index is 1.73. The smallest absolute Gasteiger partial charge is 0.338 e. The van der Waals surface area contributed by atoms with Crippen molar-refractivity contribution in [1.82, 2.24) is 0 Å². The number of nitrogens with zero attached hydrogens (tertiary/aromatic N) is 1.